The molecule has 0 radical (unpaired) electrons. The maximum absolute atomic E-state index is 15.1. The summed E-state index contributed by atoms with van der Waals surface area (Å²) in [5.41, 5.74) is 2.46. The van der Waals surface area contributed by atoms with Crippen LogP contribution in [-0.4, -0.2) is 32.1 Å². The van der Waals surface area contributed by atoms with Crippen LogP contribution in [0.3, 0.4) is 0 Å². The van der Waals surface area contributed by atoms with Crippen LogP contribution in [-0.2, 0) is 25.1 Å². The molecule has 2 aliphatic rings. The van der Waals surface area contributed by atoms with E-state index in [1.807, 2.05) is 22.8 Å². The van der Waals surface area contributed by atoms with Crippen molar-refractivity contribution in [1.82, 2.24) is 14.5 Å². The molecule has 2 aliphatic heterocycles. The van der Waals surface area contributed by atoms with Crippen LogP contribution in [0.25, 0.3) is 10.9 Å². The Bertz CT molecular complexity index is 1050. The molecule has 2 atom stereocenters. The quantitative estimate of drug-likeness (QED) is 0.715. The Morgan fingerprint density at radius 1 is 1.32 bits per heavy atom. The molecule has 3 aromatic rings. The zero-order chi connectivity index (χ0) is 19.5. The Kier molecular flexibility index (Phi) is 4.23. The van der Waals surface area contributed by atoms with E-state index in [1.165, 1.54) is 18.9 Å². The van der Waals surface area contributed by atoms with Crippen LogP contribution in [0.4, 0.5) is 4.39 Å². The van der Waals surface area contributed by atoms with Crippen molar-refractivity contribution in [1.29, 1.82) is 0 Å². The van der Waals surface area contributed by atoms with E-state index < -0.39 is 5.60 Å². The summed E-state index contributed by atoms with van der Waals surface area (Å²) in [5, 5.41) is 12.5. The predicted octanol–water partition coefficient (Wildman–Crippen LogP) is 4.26. The first-order chi connectivity index (χ1) is 13.4. The van der Waals surface area contributed by atoms with Crippen molar-refractivity contribution >= 4 is 22.5 Å². The van der Waals surface area contributed by atoms with Crippen LogP contribution in [0, 0.1) is 5.82 Å². The molecule has 4 heterocycles. The number of pyridine rings is 1. The Hall–Kier alpha value is -1.95. The lowest BCUT2D eigenvalue weighted by molar-refractivity contribution is 0.0380. The molecule has 4 nitrogen and oxygen atoms in total. The van der Waals surface area contributed by atoms with Gasteiger partial charge in [-0.3, -0.25) is 9.88 Å². The molecule has 0 saturated carbocycles. The molecule has 0 amide bonds. The van der Waals surface area contributed by atoms with Gasteiger partial charge in [-0.1, -0.05) is 11.6 Å². The van der Waals surface area contributed by atoms with Crippen molar-refractivity contribution in [2.45, 2.75) is 50.9 Å². The van der Waals surface area contributed by atoms with Gasteiger partial charge in [0.25, 0.3) is 0 Å². The normalized spacial score (nSPS) is 21.5. The number of nitrogens with zero attached hydrogens (tertiary/aromatic N) is 3. The zero-order valence-electron chi connectivity index (χ0n) is 15.8. The van der Waals surface area contributed by atoms with Crippen molar-refractivity contribution in [3.8, 4) is 0 Å². The molecule has 0 spiro atoms. The van der Waals surface area contributed by atoms with E-state index in [0.717, 1.165) is 41.7 Å². The smallest absolute Gasteiger partial charge is 0.148 e. The third-order valence-corrected chi connectivity index (χ3v) is 6.57. The van der Waals surface area contributed by atoms with Crippen LogP contribution in [0.5, 0.6) is 0 Å². The summed E-state index contributed by atoms with van der Waals surface area (Å²) < 4.78 is 17.0. The number of aliphatic hydroxyl groups is 1. The molecule has 0 aliphatic carbocycles. The van der Waals surface area contributed by atoms with Crippen molar-refractivity contribution in [2.24, 2.45) is 0 Å². The summed E-state index contributed by atoms with van der Waals surface area (Å²) in [6, 6.07) is 7.36. The first-order valence-corrected chi connectivity index (χ1v) is 10.2. The molecule has 0 bridgehead atoms. The van der Waals surface area contributed by atoms with E-state index >= 15 is 4.39 Å². The Labute approximate surface area is 168 Å². The minimum atomic E-state index is -1.14. The van der Waals surface area contributed by atoms with Crippen molar-refractivity contribution in [3.05, 3.63) is 64.3 Å². The van der Waals surface area contributed by atoms with Crippen LogP contribution < -0.4 is 0 Å². The lowest BCUT2D eigenvalue weighted by atomic mass is 9.96. The SMILES string of the molecule is CC(O)(Cn1c2c(c3cc(Cl)cc(F)c31)CN1CCCC1C2)c1ccncc1. The van der Waals surface area contributed by atoms with E-state index in [9.17, 15) is 5.11 Å². The van der Waals surface area contributed by atoms with Crippen LogP contribution in [0.1, 0.15) is 36.6 Å². The number of benzene rings is 1. The maximum Gasteiger partial charge on any atom is 0.148 e. The van der Waals surface area contributed by atoms with E-state index in [-0.39, 0.29) is 12.4 Å². The number of hydrogen-bond donors (Lipinski definition) is 1. The van der Waals surface area contributed by atoms with Gasteiger partial charge in [0.1, 0.15) is 11.4 Å². The first-order valence-electron chi connectivity index (χ1n) is 9.80. The average Bonchev–Trinajstić information content (AvgIpc) is 3.23. The number of rotatable bonds is 3. The lowest BCUT2D eigenvalue weighted by Gasteiger charge is -2.32. The van der Waals surface area contributed by atoms with E-state index in [0.29, 0.717) is 16.6 Å². The lowest BCUT2D eigenvalue weighted by Crippen LogP contribution is -2.37. The second-order valence-corrected chi connectivity index (χ2v) is 8.71. The van der Waals surface area contributed by atoms with Gasteiger partial charge >= 0.3 is 0 Å². The molecular formula is C22H23ClFN3O. The van der Waals surface area contributed by atoms with Gasteiger partial charge in [-0.05, 0) is 61.7 Å². The summed E-state index contributed by atoms with van der Waals surface area (Å²) in [5.74, 6) is -0.331. The van der Waals surface area contributed by atoms with Crippen molar-refractivity contribution < 1.29 is 9.50 Å². The van der Waals surface area contributed by atoms with Crippen molar-refractivity contribution in [3.63, 3.8) is 0 Å². The summed E-state index contributed by atoms with van der Waals surface area (Å²) in [6.07, 6.45) is 6.60. The van der Waals surface area contributed by atoms with Crippen LogP contribution in [0.2, 0.25) is 5.02 Å². The fourth-order valence-electron chi connectivity index (χ4n) is 4.98. The second kappa shape index (κ2) is 6.55. The monoisotopic (exact) mass is 399 g/mol. The summed E-state index contributed by atoms with van der Waals surface area (Å²) in [6.45, 7) is 3.97. The molecule has 1 aromatic carbocycles. The number of halogens is 2. The van der Waals surface area contributed by atoms with Gasteiger partial charge in [-0.25, -0.2) is 4.39 Å². The summed E-state index contributed by atoms with van der Waals surface area (Å²) >= 11 is 6.20. The first kappa shape index (κ1) is 18.1. The molecule has 146 valence electrons. The number of aromatic nitrogens is 2. The van der Waals surface area contributed by atoms with Gasteiger partial charge in [0.05, 0.1) is 12.1 Å². The van der Waals surface area contributed by atoms with Gasteiger partial charge in [0.2, 0.25) is 0 Å². The summed E-state index contributed by atoms with van der Waals surface area (Å²) in [4.78, 5) is 6.53. The highest BCUT2D eigenvalue weighted by molar-refractivity contribution is 6.31. The highest BCUT2D eigenvalue weighted by Crippen LogP contribution is 2.39. The standard InChI is InChI=1S/C22H23ClFN3O/c1-22(28,14-4-6-25-7-5-14)13-27-20-11-16-3-2-8-26(16)12-18(20)17-9-15(23)10-19(24)21(17)27/h4-7,9-10,16,28H,2-3,8,11-13H2,1H3. The minimum absolute atomic E-state index is 0.286. The molecule has 28 heavy (non-hydrogen) atoms. The van der Waals surface area contributed by atoms with Gasteiger partial charge < -0.3 is 9.67 Å². The van der Waals surface area contributed by atoms with E-state index in [1.54, 1.807) is 19.3 Å². The highest BCUT2D eigenvalue weighted by Gasteiger charge is 2.36. The molecule has 1 fully saturated rings. The fourth-order valence-corrected chi connectivity index (χ4v) is 5.18. The average molecular weight is 400 g/mol. The van der Waals surface area contributed by atoms with Crippen LogP contribution >= 0.6 is 11.6 Å². The number of hydrogen-bond acceptors (Lipinski definition) is 3. The fraction of sp³-hybridized carbons (Fsp3) is 0.409. The molecular weight excluding hydrogens is 377 g/mol. The van der Waals surface area contributed by atoms with Crippen LogP contribution in [0.15, 0.2) is 36.7 Å². The minimum Gasteiger partial charge on any atom is -0.384 e. The molecule has 1 saturated heterocycles. The molecule has 6 heteroatoms. The molecule has 1 N–H and O–H groups in total. The topological polar surface area (TPSA) is 41.3 Å². The van der Waals surface area contributed by atoms with Gasteiger partial charge in [-0.2, -0.15) is 0 Å². The molecule has 5 rings (SSSR count). The summed E-state index contributed by atoms with van der Waals surface area (Å²) in [7, 11) is 0. The highest BCUT2D eigenvalue weighted by atomic mass is 35.5. The molecule has 2 aromatic heterocycles. The predicted molar refractivity (Wildman–Crippen MR) is 108 cm³/mol. The Morgan fingerprint density at radius 2 is 2.11 bits per heavy atom. The second-order valence-electron chi connectivity index (χ2n) is 8.28. The third kappa shape index (κ3) is 2.84. The van der Waals surface area contributed by atoms with E-state index in [2.05, 4.69) is 9.88 Å². The van der Waals surface area contributed by atoms with E-state index in [4.69, 9.17) is 11.6 Å². The third-order valence-electron chi connectivity index (χ3n) is 6.35. The zero-order valence-corrected chi connectivity index (χ0v) is 16.6. The Balaban J connectivity index is 1.68. The van der Waals surface area contributed by atoms with Crippen molar-refractivity contribution in [2.75, 3.05) is 6.54 Å². The Morgan fingerprint density at radius 3 is 2.89 bits per heavy atom. The van der Waals surface area contributed by atoms with Gasteiger partial charge in [-0.15, -0.1) is 0 Å². The number of fused-ring (bicyclic) bond motifs is 4. The molecule has 2 unspecified atom stereocenters. The largest absolute Gasteiger partial charge is 0.384 e. The van der Waals surface area contributed by atoms with Gasteiger partial charge in [0, 0.05) is 47.5 Å². The maximum atomic E-state index is 15.1. The van der Waals surface area contributed by atoms with Gasteiger partial charge in [0.15, 0.2) is 0 Å².